The number of esters is 1. The van der Waals surface area contributed by atoms with Crippen molar-refractivity contribution in [2.24, 2.45) is 5.92 Å². The molecule has 0 spiro atoms. The predicted octanol–water partition coefficient (Wildman–Crippen LogP) is 1.11. The van der Waals surface area contributed by atoms with Gasteiger partial charge in [-0.3, -0.25) is 9.59 Å². The van der Waals surface area contributed by atoms with Crippen molar-refractivity contribution in [2.45, 2.75) is 25.9 Å². The summed E-state index contributed by atoms with van der Waals surface area (Å²) in [6, 6.07) is 0. The fourth-order valence-electron chi connectivity index (χ4n) is 1.46. The van der Waals surface area contributed by atoms with Crippen LogP contribution < -0.4 is 0 Å². The third-order valence-electron chi connectivity index (χ3n) is 2.15. The molecule has 80 valence electrons. The lowest BCUT2D eigenvalue weighted by Crippen LogP contribution is -2.30. The van der Waals surface area contributed by atoms with Gasteiger partial charge in [-0.05, 0) is 31.4 Å². The second-order valence-corrected chi connectivity index (χ2v) is 3.79. The average Bonchev–Trinajstić information content (AvgIpc) is 2.14. The lowest BCUT2D eigenvalue weighted by atomic mass is 9.96. The molecule has 0 aromatic rings. The molecular formula is C9H13ClO4. The second-order valence-electron chi connectivity index (χ2n) is 3.37. The maximum Gasteiger partial charge on any atom is 0.309 e. The van der Waals surface area contributed by atoms with Gasteiger partial charge in [0.1, 0.15) is 0 Å². The van der Waals surface area contributed by atoms with E-state index in [0.717, 1.165) is 0 Å². The molecule has 0 saturated carbocycles. The second kappa shape index (κ2) is 5.32. The van der Waals surface area contributed by atoms with E-state index < -0.39 is 5.24 Å². The SMILES string of the molecule is CC1CC(C(=O)OCC(=O)Cl)CCO1. The highest BCUT2D eigenvalue weighted by Crippen LogP contribution is 2.20. The molecule has 2 unspecified atom stereocenters. The van der Waals surface area contributed by atoms with Crippen molar-refractivity contribution >= 4 is 22.8 Å². The van der Waals surface area contributed by atoms with Crippen LogP contribution in [0.15, 0.2) is 0 Å². The van der Waals surface area contributed by atoms with Gasteiger partial charge in [0.05, 0.1) is 12.0 Å². The summed E-state index contributed by atoms with van der Waals surface area (Å²) in [5.41, 5.74) is 0. The summed E-state index contributed by atoms with van der Waals surface area (Å²) in [5.74, 6) is -0.510. The van der Waals surface area contributed by atoms with Crippen LogP contribution in [0.5, 0.6) is 0 Å². The van der Waals surface area contributed by atoms with Crippen LogP contribution in [0.2, 0.25) is 0 Å². The summed E-state index contributed by atoms with van der Waals surface area (Å²) in [5, 5.41) is -0.654. The highest BCUT2D eigenvalue weighted by Gasteiger charge is 2.26. The summed E-state index contributed by atoms with van der Waals surface area (Å²) < 4.78 is 10.00. The fraction of sp³-hybridized carbons (Fsp3) is 0.778. The Labute approximate surface area is 87.5 Å². The molecule has 0 aliphatic carbocycles. The van der Waals surface area contributed by atoms with E-state index in [1.807, 2.05) is 6.92 Å². The molecule has 2 atom stereocenters. The Morgan fingerprint density at radius 2 is 2.29 bits per heavy atom. The number of halogens is 1. The zero-order valence-corrected chi connectivity index (χ0v) is 8.75. The highest BCUT2D eigenvalue weighted by atomic mass is 35.5. The van der Waals surface area contributed by atoms with Crippen molar-refractivity contribution in [3.05, 3.63) is 0 Å². The van der Waals surface area contributed by atoms with Crippen LogP contribution in [0.1, 0.15) is 19.8 Å². The molecule has 1 rings (SSSR count). The summed E-state index contributed by atoms with van der Waals surface area (Å²) in [7, 11) is 0. The van der Waals surface area contributed by atoms with E-state index in [1.165, 1.54) is 0 Å². The van der Waals surface area contributed by atoms with Crippen LogP contribution in [-0.4, -0.2) is 30.5 Å². The quantitative estimate of drug-likeness (QED) is 0.528. The Morgan fingerprint density at radius 1 is 1.57 bits per heavy atom. The van der Waals surface area contributed by atoms with Gasteiger partial charge < -0.3 is 9.47 Å². The van der Waals surface area contributed by atoms with E-state index in [4.69, 9.17) is 21.1 Å². The minimum atomic E-state index is -0.654. The van der Waals surface area contributed by atoms with Crippen LogP contribution in [-0.2, 0) is 19.1 Å². The van der Waals surface area contributed by atoms with Gasteiger partial charge in [0.15, 0.2) is 6.61 Å². The van der Waals surface area contributed by atoms with Gasteiger partial charge in [-0.15, -0.1) is 0 Å². The predicted molar refractivity (Wildman–Crippen MR) is 50.0 cm³/mol. The number of carbonyl (C=O) groups excluding carboxylic acids is 2. The molecule has 0 amide bonds. The fourth-order valence-corrected chi connectivity index (χ4v) is 1.51. The summed E-state index contributed by atoms with van der Waals surface area (Å²) in [6.07, 6.45) is 1.38. The third-order valence-corrected chi connectivity index (χ3v) is 2.26. The van der Waals surface area contributed by atoms with E-state index in [1.54, 1.807) is 0 Å². The van der Waals surface area contributed by atoms with Gasteiger partial charge in [-0.1, -0.05) is 0 Å². The monoisotopic (exact) mass is 220 g/mol. The van der Waals surface area contributed by atoms with E-state index in [9.17, 15) is 9.59 Å². The number of hydrogen-bond donors (Lipinski definition) is 0. The van der Waals surface area contributed by atoms with Gasteiger partial charge in [0.25, 0.3) is 5.24 Å². The van der Waals surface area contributed by atoms with Crippen LogP contribution in [0.3, 0.4) is 0 Å². The molecule has 1 aliphatic rings. The molecule has 1 heterocycles. The summed E-state index contributed by atoms with van der Waals surface area (Å²) in [4.78, 5) is 21.7. The van der Waals surface area contributed by atoms with Crippen LogP contribution in [0.4, 0.5) is 0 Å². The molecule has 1 saturated heterocycles. The average molecular weight is 221 g/mol. The minimum absolute atomic E-state index is 0.0769. The largest absolute Gasteiger partial charge is 0.456 e. The van der Waals surface area contributed by atoms with Crippen molar-refractivity contribution in [3.8, 4) is 0 Å². The number of carbonyl (C=O) groups is 2. The van der Waals surface area contributed by atoms with Crippen molar-refractivity contribution in [3.63, 3.8) is 0 Å². The number of rotatable bonds is 3. The Hall–Kier alpha value is -0.610. The van der Waals surface area contributed by atoms with Crippen molar-refractivity contribution < 1.29 is 19.1 Å². The highest BCUT2D eigenvalue weighted by molar-refractivity contribution is 6.64. The first-order chi connectivity index (χ1) is 6.59. The molecular weight excluding hydrogens is 208 g/mol. The molecule has 0 aromatic carbocycles. The molecule has 1 fully saturated rings. The standard InChI is InChI=1S/C9H13ClO4/c1-6-4-7(2-3-13-6)9(12)14-5-8(10)11/h6-7H,2-5H2,1H3. The molecule has 1 aliphatic heterocycles. The molecule has 5 heteroatoms. The first-order valence-corrected chi connectivity index (χ1v) is 4.94. The summed E-state index contributed by atoms with van der Waals surface area (Å²) in [6.45, 7) is 2.13. The topological polar surface area (TPSA) is 52.6 Å². The van der Waals surface area contributed by atoms with E-state index in [0.29, 0.717) is 19.4 Å². The van der Waals surface area contributed by atoms with Gasteiger partial charge >= 0.3 is 5.97 Å². The van der Waals surface area contributed by atoms with E-state index >= 15 is 0 Å². The summed E-state index contributed by atoms with van der Waals surface area (Å²) >= 11 is 5.05. The molecule has 14 heavy (non-hydrogen) atoms. The Kier molecular flexibility index (Phi) is 4.35. The van der Waals surface area contributed by atoms with Gasteiger partial charge in [-0.25, -0.2) is 0 Å². The van der Waals surface area contributed by atoms with E-state index in [-0.39, 0.29) is 24.6 Å². The first-order valence-electron chi connectivity index (χ1n) is 4.56. The smallest absolute Gasteiger partial charge is 0.309 e. The Balaban J connectivity index is 2.32. The van der Waals surface area contributed by atoms with Crippen molar-refractivity contribution in [1.29, 1.82) is 0 Å². The molecule has 0 N–H and O–H groups in total. The Bertz CT molecular complexity index is 229. The molecule has 4 nitrogen and oxygen atoms in total. The lowest BCUT2D eigenvalue weighted by molar-refractivity contribution is -0.155. The van der Waals surface area contributed by atoms with Crippen molar-refractivity contribution in [1.82, 2.24) is 0 Å². The molecule has 0 bridgehead atoms. The van der Waals surface area contributed by atoms with Crippen LogP contribution in [0, 0.1) is 5.92 Å². The van der Waals surface area contributed by atoms with E-state index in [2.05, 4.69) is 0 Å². The number of ether oxygens (including phenoxy) is 2. The van der Waals surface area contributed by atoms with Crippen LogP contribution in [0.25, 0.3) is 0 Å². The van der Waals surface area contributed by atoms with Gasteiger partial charge in [0, 0.05) is 6.61 Å². The van der Waals surface area contributed by atoms with Gasteiger partial charge in [-0.2, -0.15) is 0 Å². The third kappa shape index (κ3) is 3.64. The van der Waals surface area contributed by atoms with Crippen LogP contribution >= 0.6 is 11.6 Å². The molecule has 0 aromatic heterocycles. The van der Waals surface area contributed by atoms with Gasteiger partial charge in [0.2, 0.25) is 0 Å². The lowest BCUT2D eigenvalue weighted by Gasteiger charge is -2.25. The maximum atomic E-state index is 11.4. The first kappa shape index (κ1) is 11.5. The normalized spacial score (nSPS) is 27.0. The van der Waals surface area contributed by atoms with Crippen molar-refractivity contribution in [2.75, 3.05) is 13.2 Å². The Morgan fingerprint density at radius 3 is 2.86 bits per heavy atom. The zero-order chi connectivity index (χ0) is 10.6. The maximum absolute atomic E-state index is 11.4. The number of hydrogen-bond acceptors (Lipinski definition) is 4. The minimum Gasteiger partial charge on any atom is -0.456 e. The zero-order valence-electron chi connectivity index (χ0n) is 7.99. The molecule has 0 radical (unpaired) electrons.